The number of nitrogens with one attached hydrogen (secondary N) is 1. The molecule has 0 aromatic carbocycles. The number of carbonyl (C=O) groups is 1. The van der Waals surface area contributed by atoms with Crippen molar-refractivity contribution in [3.05, 3.63) is 24.3 Å². The average molecular weight is 257 g/mol. The maximum Gasteiger partial charge on any atom is 0.270 e. The normalized spacial score (nSPS) is 11.3. The maximum absolute atomic E-state index is 12.2. The van der Waals surface area contributed by atoms with Crippen molar-refractivity contribution in [1.82, 2.24) is 19.9 Å². The van der Waals surface area contributed by atoms with Crippen LogP contribution in [0.2, 0.25) is 0 Å². The zero-order valence-corrected chi connectivity index (χ0v) is 11.1. The van der Waals surface area contributed by atoms with Crippen molar-refractivity contribution in [3.63, 3.8) is 0 Å². The molecule has 0 bridgehead atoms. The molecule has 0 radical (unpaired) electrons. The average Bonchev–Trinajstić information content (AvgIpc) is 2.81. The Kier molecular flexibility index (Phi) is 3.21. The molecule has 1 N–H and O–H groups in total. The quantitative estimate of drug-likeness (QED) is 0.904. The summed E-state index contributed by atoms with van der Waals surface area (Å²) < 4.78 is 0. The summed E-state index contributed by atoms with van der Waals surface area (Å²) in [5.74, 6) is -0.165. The van der Waals surface area contributed by atoms with Gasteiger partial charge in [0.2, 0.25) is 0 Å². The Morgan fingerprint density at radius 3 is 2.95 bits per heavy atom. The summed E-state index contributed by atoms with van der Waals surface area (Å²) in [5.41, 5.74) is 0.508. The van der Waals surface area contributed by atoms with Gasteiger partial charge in [-0.25, -0.2) is 9.97 Å². The second-order valence-corrected chi connectivity index (χ2v) is 5.17. The number of amides is 1. The van der Waals surface area contributed by atoms with Crippen LogP contribution in [0.1, 0.15) is 24.3 Å². The Morgan fingerprint density at radius 2 is 2.32 bits per heavy atom. The van der Waals surface area contributed by atoms with Gasteiger partial charge >= 0.3 is 0 Å². The third-order valence-electron chi connectivity index (χ3n) is 2.81. The molecule has 2 heterocycles. The maximum atomic E-state index is 12.2. The second kappa shape index (κ2) is 4.69. The lowest BCUT2D eigenvalue weighted by molar-refractivity contribution is 0.0756. The number of hydrogen-bond donors (Lipinski definition) is 1. The standard InChI is InChI=1S/C13H15N5O/c1-13(2,6-14)7-18(3)12(19)10-4-9-5-15-8-16-11(9)17-10/h4-5,8H,7H2,1-3H3,(H,15,16,17). The van der Waals surface area contributed by atoms with Gasteiger partial charge in [-0.3, -0.25) is 4.79 Å². The molecule has 0 aliphatic heterocycles. The van der Waals surface area contributed by atoms with Crippen LogP contribution in [0, 0.1) is 16.7 Å². The van der Waals surface area contributed by atoms with E-state index in [9.17, 15) is 4.79 Å². The van der Waals surface area contributed by atoms with Gasteiger partial charge in [0.25, 0.3) is 5.91 Å². The Hall–Kier alpha value is -2.42. The number of nitriles is 1. The molecule has 0 spiro atoms. The van der Waals surface area contributed by atoms with Crippen LogP contribution in [0.4, 0.5) is 0 Å². The first-order chi connectivity index (χ1) is 8.93. The highest BCUT2D eigenvalue weighted by atomic mass is 16.2. The molecule has 6 heteroatoms. The molecule has 2 aromatic rings. The van der Waals surface area contributed by atoms with E-state index in [0.717, 1.165) is 5.39 Å². The number of H-pyrrole nitrogens is 1. The predicted octanol–water partition coefficient (Wildman–Crippen LogP) is 1.58. The summed E-state index contributed by atoms with van der Waals surface area (Å²) in [6.07, 6.45) is 3.07. The SMILES string of the molecule is CN(CC(C)(C)C#N)C(=O)c1cc2cncnc2[nH]1. The van der Waals surface area contributed by atoms with E-state index >= 15 is 0 Å². The molecule has 6 nitrogen and oxygen atoms in total. The van der Waals surface area contributed by atoms with Crippen molar-refractivity contribution in [3.8, 4) is 6.07 Å². The molecule has 2 rings (SSSR count). The first-order valence-electron chi connectivity index (χ1n) is 5.88. The Labute approximate surface area is 111 Å². The minimum Gasteiger partial charge on any atom is -0.339 e. The molecule has 0 unspecified atom stereocenters. The molecule has 98 valence electrons. The summed E-state index contributed by atoms with van der Waals surface area (Å²) in [4.78, 5) is 24.7. The third kappa shape index (κ3) is 2.71. The van der Waals surface area contributed by atoms with E-state index in [1.165, 1.54) is 11.2 Å². The Morgan fingerprint density at radius 1 is 1.58 bits per heavy atom. The van der Waals surface area contributed by atoms with Gasteiger partial charge < -0.3 is 9.88 Å². The Bertz CT molecular complexity index is 619. The molecule has 0 aliphatic rings. The molecule has 0 atom stereocenters. The number of aromatic amines is 1. The molecule has 0 saturated carbocycles. The van der Waals surface area contributed by atoms with E-state index in [1.54, 1.807) is 33.2 Å². The van der Waals surface area contributed by atoms with Crippen molar-refractivity contribution in [1.29, 1.82) is 5.26 Å². The number of nitrogens with zero attached hydrogens (tertiary/aromatic N) is 4. The number of rotatable bonds is 3. The van der Waals surface area contributed by atoms with Gasteiger partial charge in [-0.15, -0.1) is 0 Å². The molecule has 0 saturated heterocycles. The van der Waals surface area contributed by atoms with Crippen LogP contribution in [0.3, 0.4) is 0 Å². The summed E-state index contributed by atoms with van der Waals surface area (Å²) in [5, 5.41) is 9.79. The molecule has 1 amide bonds. The number of aromatic nitrogens is 3. The first kappa shape index (κ1) is 13.0. The highest BCUT2D eigenvalue weighted by Crippen LogP contribution is 2.17. The largest absolute Gasteiger partial charge is 0.339 e. The van der Waals surface area contributed by atoms with Crippen LogP contribution in [0.15, 0.2) is 18.6 Å². The topological polar surface area (TPSA) is 85.7 Å². The molecule has 2 aromatic heterocycles. The molecule has 19 heavy (non-hydrogen) atoms. The van der Waals surface area contributed by atoms with Crippen molar-refractivity contribution in [2.75, 3.05) is 13.6 Å². The predicted molar refractivity (Wildman–Crippen MR) is 70.2 cm³/mol. The van der Waals surface area contributed by atoms with Gasteiger partial charge in [0.05, 0.1) is 11.5 Å². The van der Waals surface area contributed by atoms with E-state index in [4.69, 9.17) is 5.26 Å². The fourth-order valence-corrected chi connectivity index (χ4v) is 1.89. The lowest BCUT2D eigenvalue weighted by Gasteiger charge is -2.23. The zero-order valence-electron chi connectivity index (χ0n) is 11.1. The third-order valence-corrected chi connectivity index (χ3v) is 2.81. The van der Waals surface area contributed by atoms with Crippen molar-refractivity contribution in [2.24, 2.45) is 5.41 Å². The second-order valence-electron chi connectivity index (χ2n) is 5.17. The molecule has 0 fully saturated rings. The van der Waals surface area contributed by atoms with Crippen LogP contribution in [0.25, 0.3) is 11.0 Å². The fraction of sp³-hybridized carbons (Fsp3) is 0.385. The minimum atomic E-state index is -0.573. The van der Waals surface area contributed by atoms with Gasteiger partial charge in [0, 0.05) is 25.2 Å². The summed E-state index contributed by atoms with van der Waals surface area (Å²) >= 11 is 0. The van der Waals surface area contributed by atoms with Gasteiger partial charge in [0.1, 0.15) is 17.7 Å². The van der Waals surface area contributed by atoms with E-state index in [-0.39, 0.29) is 5.91 Å². The molecule has 0 aliphatic carbocycles. The van der Waals surface area contributed by atoms with E-state index in [0.29, 0.717) is 17.9 Å². The van der Waals surface area contributed by atoms with Gasteiger partial charge in [0.15, 0.2) is 0 Å². The number of carbonyl (C=O) groups excluding carboxylic acids is 1. The smallest absolute Gasteiger partial charge is 0.270 e. The van der Waals surface area contributed by atoms with Crippen LogP contribution in [-0.4, -0.2) is 39.4 Å². The monoisotopic (exact) mass is 257 g/mol. The van der Waals surface area contributed by atoms with Crippen molar-refractivity contribution in [2.45, 2.75) is 13.8 Å². The highest BCUT2D eigenvalue weighted by Gasteiger charge is 2.23. The first-order valence-corrected chi connectivity index (χ1v) is 5.88. The van der Waals surface area contributed by atoms with Crippen LogP contribution in [-0.2, 0) is 0 Å². The van der Waals surface area contributed by atoms with Gasteiger partial charge in [-0.2, -0.15) is 5.26 Å². The Balaban J connectivity index is 2.22. The van der Waals surface area contributed by atoms with E-state index in [2.05, 4.69) is 21.0 Å². The van der Waals surface area contributed by atoms with Crippen molar-refractivity contribution >= 4 is 16.9 Å². The lowest BCUT2D eigenvalue weighted by Crippen LogP contribution is -2.35. The van der Waals surface area contributed by atoms with Crippen LogP contribution < -0.4 is 0 Å². The van der Waals surface area contributed by atoms with Crippen LogP contribution >= 0.6 is 0 Å². The van der Waals surface area contributed by atoms with Crippen LogP contribution in [0.5, 0.6) is 0 Å². The number of hydrogen-bond acceptors (Lipinski definition) is 4. The number of fused-ring (bicyclic) bond motifs is 1. The lowest BCUT2D eigenvalue weighted by atomic mass is 9.95. The van der Waals surface area contributed by atoms with E-state index < -0.39 is 5.41 Å². The fourth-order valence-electron chi connectivity index (χ4n) is 1.89. The summed E-state index contributed by atoms with van der Waals surface area (Å²) in [6.45, 7) is 3.96. The zero-order chi connectivity index (χ0) is 14.0. The molecular weight excluding hydrogens is 242 g/mol. The minimum absolute atomic E-state index is 0.165. The van der Waals surface area contributed by atoms with E-state index in [1.807, 2.05) is 0 Å². The molecular formula is C13H15N5O. The summed E-state index contributed by atoms with van der Waals surface area (Å²) in [7, 11) is 1.68. The van der Waals surface area contributed by atoms with Gasteiger partial charge in [-0.05, 0) is 19.9 Å². The van der Waals surface area contributed by atoms with Crippen molar-refractivity contribution < 1.29 is 4.79 Å². The van der Waals surface area contributed by atoms with Gasteiger partial charge in [-0.1, -0.05) is 0 Å². The summed E-state index contributed by atoms with van der Waals surface area (Å²) in [6, 6.07) is 3.89. The highest BCUT2D eigenvalue weighted by molar-refractivity contribution is 5.96.